The van der Waals surface area contributed by atoms with E-state index in [-0.39, 0.29) is 17.9 Å². The fourth-order valence-corrected chi connectivity index (χ4v) is 4.42. The molecule has 2 aromatic heterocycles. The Bertz CT molecular complexity index is 1520. The van der Waals surface area contributed by atoms with E-state index in [0.29, 0.717) is 33.5 Å². The van der Waals surface area contributed by atoms with E-state index in [1.165, 1.54) is 17.8 Å². The van der Waals surface area contributed by atoms with Gasteiger partial charge in [-0.3, -0.25) is 9.36 Å². The van der Waals surface area contributed by atoms with E-state index in [4.69, 9.17) is 4.74 Å². The number of para-hydroxylation sites is 3. The molecule has 0 bridgehead atoms. The van der Waals surface area contributed by atoms with Crippen LogP contribution in [0.15, 0.2) is 82.7 Å². The molecular weight excluding hydrogens is 453 g/mol. The van der Waals surface area contributed by atoms with Gasteiger partial charge in [-0.05, 0) is 42.8 Å². The van der Waals surface area contributed by atoms with Crippen molar-refractivity contribution >= 4 is 22.7 Å². The van der Waals surface area contributed by atoms with E-state index >= 15 is 0 Å². The smallest absolute Gasteiger partial charge is 0.258 e. The van der Waals surface area contributed by atoms with Crippen LogP contribution in [0.5, 0.6) is 5.75 Å². The molecule has 0 atom stereocenters. The van der Waals surface area contributed by atoms with Gasteiger partial charge >= 0.3 is 0 Å². The third-order valence-corrected chi connectivity index (χ3v) is 6.17. The molecule has 0 fully saturated rings. The summed E-state index contributed by atoms with van der Waals surface area (Å²) in [4.78, 5) is 20.0. The second-order valence-electron chi connectivity index (χ2n) is 7.56. The van der Waals surface area contributed by atoms with E-state index in [0.717, 1.165) is 11.3 Å². The summed E-state index contributed by atoms with van der Waals surface area (Å²) in [5.41, 5.74) is 2.30. The average Bonchev–Trinajstić information content (AvgIpc) is 3.26. The standard InChI is InChI=1S/C25H20FN5O2S/c1-16-8-7-11-18-23(16)27-21(28-24(18)32)15-34-25-30-29-22(31(25)17-9-3-2-4-10-17)14-33-20-13-6-5-12-19(20)26/h2-13H,14-15H2,1H3,(H,27,28,32). The predicted octanol–water partition coefficient (Wildman–Crippen LogP) is 4.82. The number of aryl methyl sites for hydroxylation is 1. The van der Waals surface area contributed by atoms with E-state index in [9.17, 15) is 9.18 Å². The van der Waals surface area contributed by atoms with Crippen LogP contribution in [-0.2, 0) is 12.4 Å². The zero-order chi connectivity index (χ0) is 23.5. The van der Waals surface area contributed by atoms with Crippen LogP contribution in [0.4, 0.5) is 4.39 Å². The molecule has 0 spiro atoms. The summed E-state index contributed by atoms with van der Waals surface area (Å²) in [5.74, 6) is 1.16. The molecule has 0 amide bonds. The number of nitrogens with zero attached hydrogens (tertiary/aromatic N) is 4. The van der Waals surface area contributed by atoms with Crippen molar-refractivity contribution in [2.75, 3.05) is 0 Å². The minimum atomic E-state index is -0.440. The molecule has 3 aromatic carbocycles. The molecule has 9 heteroatoms. The van der Waals surface area contributed by atoms with Gasteiger partial charge in [0.15, 0.2) is 22.5 Å². The monoisotopic (exact) mass is 473 g/mol. The number of fused-ring (bicyclic) bond motifs is 1. The first kappa shape index (κ1) is 21.8. The van der Waals surface area contributed by atoms with E-state index < -0.39 is 5.82 Å². The summed E-state index contributed by atoms with van der Waals surface area (Å²) in [6, 6.07) is 21.4. The number of aromatic nitrogens is 5. The minimum absolute atomic E-state index is 0.0354. The summed E-state index contributed by atoms with van der Waals surface area (Å²) >= 11 is 1.39. The number of rotatable bonds is 7. The first-order valence-corrected chi connectivity index (χ1v) is 11.6. The predicted molar refractivity (Wildman–Crippen MR) is 129 cm³/mol. The largest absolute Gasteiger partial charge is 0.483 e. The molecule has 1 N–H and O–H groups in total. The highest BCUT2D eigenvalue weighted by Gasteiger charge is 2.17. The molecule has 5 rings (SSSR count). The average molecular weight is 474 g/mol. The number of ether oxygens (including phenoxy) is 1. The summed E-state index contributed by atoms with van der Waals surface area (Å²) in [6.45, 7) is 1.97. The lowest BCUT2D eigenvalue weighted by molar-refractivity contribution is 0.278. The van der Waals surface area contributed by atoms with Crippen molar-refractivity contribution in [3.63, 3.8) is 0 Å². The zero-order valence-corrected chi connectivity index (χ0v) is 19.1. The van der Waals surface area contributed by atoms with Crippen molar-refractivity contribution in [3.05, 3.63) is 106 Å². The molecule has 0 aliphatic heterocycles. The lowest BCUT2D eigenvalue weighted by Gasteiger charge is -2.11. The van der Waals surface area contributed by atoms with Crippen molar-refractivity contribution in [1.82, 2.24) is 24.7 Å². The number of hydrogen-bond acceptors (Lipinski definition) is 6. The Morgan fingerprint density at radius 3 is 2.62 bits per heavy atom. The molecular formula is C25H20FN5O2S. The van der Waals surface area contributed by atoms with Crippen molar-refractivity contribution in [2.45, 2.75) is 24.4 Å². The van der Waals surface area contributed by atoms with Crippen molar-refractivity contribution < 1.29 is 9.13 Å². The number of aromatic amines is 1. The van der Waals surface area contributed by atoms with Gasteiger partial charge in [0.05, 0.1) is 16.7 Å². The summed E-state index contributed by atoms with van der Waals surface area (Å²) < 4.78 is 21.5. The van der Waals surface area contributed by atoms with Crippen LogP contribution in [0.1, 0.15) is 17.2 Å². The van der Waals surface area contributed by atoms with E-state index in [1.54, 1.807) is 24.3 Å². The van der Waals surface area contributed by atoms with Gasteiger partial charge in [0.2, 0.25) is 0 Å². The van der Waals surface area contributed by atoms with Gasteiger partial charge in [0.1, 0.15) is 12.4 Å². The Morgan fingerprint density at radius 1 is 1.00 bits per heavy atom. The Morgan fingerprint density at radius 2 is 1.79 bits per heavy atom. The normalized spacial score (nSPS) is 11.1. The summed E-state index contributed by atoms with van der Waals surface area (Å²) in [5, 5.41) is 9.78. The third-order valence-electron chi connectivity index (χ3n) is 5.23. The second kappa shape index (κ2) is 9.48. The first-order chi connectivity index (χ1) is 16.6. The highest BCUT2D eigenvalue weighted by atomic mass is 32.2. The van der Waals surface area contributed by atoms with E-state index in [2.05, 4.69) is 20.2 Å². The quantitative estimate of drug-likeness (QED) is 0.341. The topological polar surface area (TPSA) is 85.7 Å². The van der Waals surface area contributed by atoms with Gasteiger partial charge < -0.3 is 9.72 Å². The van der Waals surface area contributed by atoms with Crippen molar-refractivity contribution in [3.8, 4) is 11.4 Å². The Labute approximate surface area is 198 Å². The van der Waals surface area contributed by atoms with Gasteiger partial charge in [-0.1, -0.05) is 54.2 Å². The molecule has 0 saturated heterocycles. The van der Waals surface area contributed by atoms with Gasteiger partial charge in [-0.15, -0.1) is 10.2 Å². The molecule has 2 heterocycles. The van der Waals surface area contributed by atoms with Crippen LogP contribution in [0.3, 0.4) is 0 Å². The molecule has 0 unspecified atom stereocenters. The van der Waals surface area contributed by atoms with Crippen LogP contribution in [0.2, 0.25) is 0 Å². The number of nitrogens with one attached hydrogen (secondary N) is 1. The first-order valence-electron chi connectivity index (χ1n) is 10.6. The Hall–Kier alpha value is -3.98. The maximum absolute atomic E-state index is 14.0. The van der Waals surface area contributed by atoms with Crippen molar-refractivity contribution in [2.24, 2.45) is 0 Å². The molecule has 7 nitrogen and oxygen atoms in total. The molecule has 5 aromatic rings. The number of thioether (sulfide) groups is 1. The van der Waals surface area contributed by atoms with Crippen molar-refractivity contribution in [1.29, 1.82) is 0 Å². The van der Waals surface area contributed by atoms with Gasteiger partial charge in [-0.25, -0.2) is 9.37 Å². The maximum atomic E-state index is 14.0. The third kappa shape index (κ3) is 4.42. The van der Waals surface area contributed by atoms with Crippen LogP contribution < -0.4 is 10.3 Å². The zero-order valence-electron chi connectivity index (χ0n) is 18.2. The van der Waals surface area contributed by atoms with Gasteiger partial charge in [0.25, 0.3) is 5.56 Å². The molecule has 34 heavy (non-hydrogen) atoms. The van der Waals surface area contributed by atoms with Gasteiger partial charge in [0, 0.05) is 5.69 Å². The maximum Gasteiger partial charge on any atom is 0.258 e. The molecule has 0 aliphatic carbocycles. The lowest BCUT2D eigenvalue weighted by Crippen LogP contribution is -2.12. The highest BCUT2D eigenvalue weighted by molar-refractivity contribution is 7.98. The highest BCUT2D eigenvalue weighted by Crippen LogP contribution is 2.26. The SMILES string of the molecule is Cc1cccc2c(=O)[nH]c(CSc3nnc(COc4ccccc4F)n3-c3ccccc3)nc12. The fraction of sp³-hybridized carbons (Fsp3) is 0.120. The minimum Gasteiger partial charge on any atom is -0.483 e. The Kier molecular flexibility index (Phi) is 6.09. The summed E-state index contributed by atoms with van der Waals surface area (Å²) in [6.07, 6.45) is 0. The summed E-state index contributed by atoms with van der Waals surface area (Å²) in [7, 11) is 0. The number of benzene rings is 3. The van der Waals surface area contributed by atoms with Crippen LogP contribution >= 0.6 is 11.8 Å². The number of hydrogen-bond donors (Lipinski definition) is 1. The van der Waals surface area contributed by atoms with Gasteiger partial charge in [-0.2, -0.15) is 0 Å². The Balaban J connectivity index is 1.44. The number of H-pyrrole nitrogens is 1. The van der Waals surface area contributed by atoms with E-state index in [1.807, 2.05) is 54.0 Å². The molecule has 0 saturated carbocycles. The fourth-order valence-electron chi connectivity index (χ4n) is 3.58. The second-order valence-corrected chi connectivity index (χ2v) is 8.50. The van der Waals surface area contributed by atoms with Crippen LogP contribution in [-0.4, -0.2) is 24.7 Å². The molecule has 170 valence electrons. The molecule has 0 aliphatic rings. The van der Waals surface area contributed by atoms with Crippen LogP contribution in [0, 0.1) is 12.7 Å². The van der Waals surface area contributed by atoms with Crippen LogP contribution in [0.25, 0.3) is 16.6 Å². The lowest BCUT2D eigenvalue weighted by atomic mass is 10.1. The number of halogens is 1. The molecule has 0 radical (unpaired) electrons.